The molecule has 0 saturated carbocycles. The van der Waals surface area contributed by atoms with Crippen molar-refractivity contribution in [3.8, 4) is 11.5 Å². The van der Waals surface area contributed by atoms with E-state index in [1.54, 1.807) is 100 Å². The molecule has 0 saturated heterocycles. The number of esters is 2. The van der Waals surface area contributed by atoms with Crippen molar-refractivity contribution in [1.29, 1.82) is 0 Å². The molecule has 3 aromatic rings. The molecule has 0 aliphatic heterocycles. The fourth-order valence-electron chi connectivity index (χ4n) is 3.19. The van der Waals surface area contributed by atoms with Crippen LogP contribution in [0.1, 0.15) is 43.6 Å². The van der Waals surface area contributed by atoms with Crippen LogP contribution in [0.4, 0.5) is 0 Å². The Balaban J connectivity index is 0.000000451. The molecule has 0 bridgehead atoms. The first-order valence-corrected chi connectivity index (χ1v) is 14.0. The molecule has 0 radical (unpaired) electrons. The van der Waals surface area contributed by atoms with E-state index in [-0.39, 0.29) is 36.9 Å². The molecule has 0 fully saturated rings. The SMILES string of the molecule is CC(C)OC(=O)C(C)(C)Oc1ccc(C(=O)c2ccc(Cl)cc2)cc1.CN(C)CCOC(=O)COc1ccc(Cl)cc1.Cl. The van der Waals surface area contributed by atoms with Gasteiger partial charge < -0.3 is 23.8 Å². The first kappa shape index (κ1) is 37.7. The number of carbonyl (C=O) groups is 3. The number of ether oxygens (including phenoxy) is 4. The number of nitrogens with zero attached hydrogens (tertiary/aromatic N) is 1. The molecular formula is C32H38Cl3NO7. The van der Waals surface area contributed by atoms with E-state index >= 15 is 0 Å². The Bertz CT molecular complexity index is 1290. The Morgan fingerprint density at radius 2 is 1.26 bits per heavy atom. The Morgan fingerprint density at radius 1 is 0.791 bits per heavy atom. The highest BCUT2D eigenvalue weighted by molar-refractivity contribution is 6.31. The van der Waals surface area contributed by atoms with Gasteiger partial charge in [0.1, 0.15) is 18.1 Å². The van der Waals surface area contributed by atoms with E-state index in [1.807, 2.05) is 19.0 Å². The second-order valence-corrected chi connectivity index (χ2v) is 11.1. The topological polar surface area (TPSA) is 91.4 Å². The molecule has 43 heavy (non-hydrogen) atoms. The van der Waals surface area contributed by atoms with Gasteiger partial charge in [0.2, 0.25) is 0 Å². The zero-order valence-corrected chi connectivity index (χ0v) is 27.4. The summed E-state index contributed by atoms with van der Waals surface area (Å²) in [7, 11) is 3.83. The summed E-state index contributed by atoms with van der Waals surface area (Å²) in [5.41, 5.74) is -0.0393. The number of hydrogen-bond acceptors (Lipinski definition) is 8. The van der Waals surface area contributed by atoms with Crippen LogP contribution < -0.4 is 9.47 Å². The van der Waals surface area contributed by atoms with Crippen molar-refractivity contribution >= 4 is 53.3 Å². The van der Waals surface area contributed by atoms with Crippen LogP contribution in [-0.2, 0) is 19.1 Å². The Kier molecular flexibility index (Phi) is 16.1. The molecule has 0 aromatic heterocycles. The summed E-state index contributed by atoms with van der Waals surface area (Å²) in [6.07, 6.45) is -0.213. The van der Waals surface area contributed by atoms with Crippen molar-refractivity contribution in [3.05, 3.63) is 94.0 Å². The van der Waals surface area contributed by atoms with Crippen molar-refractivity contribution in [2.45, 2.75) is 39.4 Å². The lowest BCUT2D eigenvalue weighted by Gasteiger charge is -2.25. The molecule has 0 aliphatic carbocycles. The van der Waals surface area contributed by atoms with Crippen molar-refractivity contribution in [2.24, 2.45) is 0 Å². The highest BCUT2D eigenvalue weighted by atomic mass is 35.5. The van der Waals surface area contributed by atoms with Gasteiger partial charge in [0.05, 0.1) is 6.10 Å². The molecule has 3 aromatic carbocycles. The van der Waals surface area contributed by atoms with Crippen molar-refractivity contribution < 1.29 is 33.3 Å². The molecule has 0 N–H and O–H groups in total. The van der Waals surface area contributed by atoms with Crippen LogP contribution in [0.25, 0.3) is 0 Å². The van der Waals surface area contributed by atoms with Gasteiger partial charge in [-0.15, -0.1) is 12.4 Å². The van der Waals surface area contributed by atoms with Crippen LogP contribution in [0.2, 0.25) is 10.0 Å². The minimum absolute atomic E-state index is 0. The number of hydrogen-bond donors (Lipinski definition) is 0. The normalized spacial score (nSPS) is 10.7. The molecule has 0 heterocycles. The lowest BCUT2D eigenvalue weighted by Crippen LogP contribution is -2.40. The van der Waals surface area contributed by atoms with Crippen LogP contribution in [0, 0.1) is 0 Å². The van der Waals surface area contributed by atoms with E-state index < -0.39 is 11.6 Å². The van der Waals surface area contributed by atoms with Crippen LogP contribution >= 0.6 is 35.6 Å². The van der Waals surface area contributed by atoms with Gasteiger partial charge in [-0.05, 0) is 115 Å². The Morgan fingerprint density at radius 3 is 1.74 bits per heavy atom. The molecule has 0 amide bonds. The van der Waals surface area contributed by atoms with Crippen LogP contribution in [0.5, 0.6) is 11.5 Å². The third-order valence-corrected chi connectivity index (χ3v) is 5.91. The van der Waals surface area contributed by atoms with Crippen molar-refractivity contribution in [1.82, 2.24) is 4.90 Å². The maximum absolute atomic E-state index is 12.4. The molecule has 8 nitrogen and oxygen atoms in total. The van der Waals surface area contributed by atoms with Gasteiger partial charge in [-0.2, -0.15) is 0 Å². The predicted octanol–water partition coefficient (Wildman–Crippen LogP) is 6.93. The smallest absolute Gasteiger partial charge is 0.350 e. The predicted molar refractivity (Wildman–Crippen MR) is 171 cm³/mol. The number of carbonyl (C=O) groups excluding carboxylic acids is 3. The summed E-state index contributed by atoms with van der Waals surface area (Å²) in [5.74, 6) is 0.157. The van der Waals surface area contributed by atoms with Crippen LogP contribution in [0.15, 0.2) is 72.8 Å². The van der Waals surface area contributed by atoms with E-state index in [0.717, 1.165) is 0 Å². The van der Waals surface area contributed by atoms with E-state index in [0.29, 0.717) is 45.8 Å². The number of halogens is 3. The third-order valence-electron chi connectivity index (χ3n) is 5.40. The van der Waals surface area contributed by atoms with Crippen molar-refractivity contribution in [2.75, 3.05) is 33.9 Å². The maximum atomic E-state index is 12.4. The summed E-state index contributed by atoms with van der Waals surface area (Å²) in [4.78, 5) is 37.7. The highest BCUT2D eigenvalue weighted by Gasteiger charge is 2.32. The summed E-state index contributed by atoms with van der Waals surface area (Å²) in [6.45, 7) is 7.84. The van der Waals surface area contributed by atoms with Gasteiger partial charge in [-0.3, -0.25) is 4.79 Å². The Hall–Kier alpha value is -3.30. The molecular weight excluding hydrogens is 617 g/mol. The largest absolute Gasteiger partial charge is 0.482 e. The summed E-state index contributed by atoms with van der Waals surface area (Å²) >= 11 is 11.6. The van der Waals surface area contributed by atoms with E-state index in [2.05, 4.69) is 0 Å². The van der Waals surface area contributed by atoms with Gasteiger partial charge in [-0.25, -0.2) is 9.59 Å². The first-order valence-electron chi connectivity index (χ1n) is 13.3. The fraction of sp³-hybridized carbons (Fsp3) is 0.344. The summed E-state index contributed by atoms with van der Waals surface area (Å²) in [6, 6.07) is 20.2. The molecule has 0 unspecified atom stereocenters. The molecule has 234 valence electrons. The molecule has 0 aliphatic rings. The molecule has 11 heteroatoms. The second kappa shape index (κ2) is 18.4. The number of rotatable bonds is 12. The zero-order chi connectivity index (χ0) is 31.3. The average Bonchev–Trinajstić information content (AvgIpc) is 2.93. The molecule has 0 spiro atoms. The number of benzene rings is 3. The lowest BCUT2D eigenvalue weighted by molar-refractivity contribution is -0.163. The number of likely N-dealkylation sites (N-methyl/N-ethyl adjacent to an activating group) is 1. The van der Waals surface area contributed by atoms with Gasteiger partial charge in [0.25, 0.3) is 0 Å². The van der Waals surface area contributed by atoms with E-state index in [4.69, 9.17) is 42.1 Å². The van der Waals surface area contributed by atoms with Gasteiger partial charge in [0.15, 0.2) is 18.0 Å². The summed E-state index contributed by atoms with van der Waals surface area (Å²) < 4.78 is 21.1. The average molecular weight is 655 g/mol. The van der Waals surface area contributed by atoms with E-state index in [1.165, 1.54) is 0 Å². The number of ketones is 1. The Labute approximate surface area is 269 Å². The quantitative estimate of drug-likeness (QED) is 0.154. The van der Waals surface area contributed by atoms with Gasteiger partial charge >= 0.3 is 11.9 Å². The monoisotopic (exact) mass is 653 g/mol. The van der Waals surface area contributed by atoms with Gasteiger partial charge in [0, 0.05) is 27.7 Å². The fourth-order valence-corrected chi connectivity index (χ4v) is 3.44. The van der Waals surface area contributed by atoms with E-state index in [9.17, 15) is 14.4 Å². The second-order valence-electron chi connectivity index (χ2n) is 10.2. The summed E-state index contributed by atoms with van der Waals surface area (Å²) in [5, 5.41) is 1.21. The minimum atomic E-state index is -1.12. The van der Waals surface area contributed by atoms with Gasteiger partial charge in [-0.1, -0.05) is 23.2 Å². The lowest BCUT2D eigenvalue weighted by atomic mass is 10.0. The minimum Gasteiger partial charge on any atom is -0.482 e. The highest BCUT2D eigenvalue weighted by Crippen LogP contribution is 2.22. The maximum Gasteiger partial charge on any atom is 0.350 e. The van der Waals surface area contributed by atoms with Crippen LogP contribution in [0.3, 0.4) is 0 Å². The zero-order valence-electron chi connectivity index (χ0n) is 25.1. The first-order chi connectivity index (χ1) is 19.8. The molecule has 3 rings (SSSR count). The molecule has 0 atom stereocenters. The standard InChI is InChI=1S/C20H21ClO4.C12H16ClNO3.ClH/c1-13(2)24-19(23)20(3,4)25-17-11-7-15(8-12-17)18(22)14-5-9-16(21)10-6-14;1-14(2)7-8-16-12(15)9-17-11-5-3-10(13)4-6-11;/h5-13H,1-4H3;3-6H,7-9H2,1-2H3;1H. The third kappa shape index (κ3) is 14.1. The van der Waals surface area contributed by atoms with Crippen LogP contribution in [-0.4, -0.2) is 68.2 Å². The van der Waals surface area contributed by atoms with Crippen molar-refractivity contribution in [3.63, 3.8) is 0 Å².